The average Bonchev–Trinajstić information content (AvgIpc) is 3.10. The summed E-state index contributed by atoms with van der Waals surface area (Å²) in [5, 5.41) is 7.39. The Labute approximate surface area is 168 Å². The number of hydrogen-bond acceptors (Lipinski definition) is 6. The first-order chi connectivity index (χ1) is 13.5. The third-order valence-electron chi connectivity index (χ3n) is 3.98. The van der Waals surface area contributed by atoms with Crippen LogP contribution in [0, 0.1) is 0 Å². The summed E-state index contributed by atoms with van der Waals surface area (Å²) in [6, 6.07) is 14.9. The van der Waals surface area contributed by atoms with Crippen molar-refractivity contribution in [2.45, 2.75) is 19.5 Å². The van der Waals surface area contributed by atoms with Crippen molar-refractivity contribution in [3.63, 3.8) is 0 Å². The second-order valence-electron chi connectivity index (χ2n) is 6.33. The molecule has 0 aliphatic heterocycles. The quantitative estimate of drug-likeness (QED) is 0.622. The van der Waals surface area contributed by atoms with Crippen molar-refractivity contribution in [2.24, 2.45) is 0 Å². The average molecular weight is 401 g/mol. The summed E-state index contributed by atoms with van der Waals surface area (Å²) in [7, 11) is 3.50. The van der Waals surface area contributed by atoms with Crippen LogP contribution in [0.3, 0.4) is 0 Å². The molecule has 0 saturated heterocycles. The topological polar surface area (TPSA) is 80.5 Å². The van der Waals surface area contributed by atoms with Gasteiger partial charge in [-0.25, -0.2) is 0 Å². The van der Waals surface area contributed by atoms with E-state index in [1.54, 1.807) is 19.2 Å². The number of anilines is 1. The monoisotopic (exact) mass is 400 g/mol. The first-order valence-corrected chi connectivity index (χ1v) is 9.08. The van der Waals surface area contributed by atoms with Crippen LogP contribution in [0.5, 0.6) is 5.75 Å². The molecule has 1 N–H and O–H groups in total. The Bertz CT molecular complexity index is 927. The maximum Gasteiger partial charge on any atom is 0.240 e. The van der Waals surface area contributed by atoms with Crippen LogP contribution < -0.4 is 10.1 Å². The normalized spacial score (nSPS) is 10.9. The smallest absolute Gasteiger partial charge is 0.240 e. The predicted octanol–water partition coefficient (Wildman–Crippen LogP) is 3.54. The molecule has 146 valence electrons. The van der Waals surface area contributed by atoms with Crippen LogP contribution in [0.1, 0.15) is 17.3 Å². The molecule has 3 rings (SSSR count). The molecular formula is C20H21ClN4O3. The fourth-order valence-corrected chi connectivity index (χ4v) is 2.83. The van der Waals surface area contributed by atoms with Gasteiger partial charge in [0.2, 0.25) is 11.8 Å². The van der Waals surface area contributed by atoms with E-state index in [9.17, 15) is 4.79 Å². The highest BCUT2D eigenvalue weighted by atomic mass is 35.5. The van der Waals surface area contributed by atoms with Crippen LogP contribution in [0.25, 0.3) is 0 Å². The standard InChI is InChI=1S/C20H21ClN4O3/c1-25(12-14-7-9-15(21)10-8-14)13-20-23-18(24-28-20)11-19(26)22-16-5-3-4-6-17(16)27-2/h3-10H,11-13H2,1-2H3,(H,22,26). The van der Waals surface area contributed by atoms with E-state index in [1.165, 1.54) is 0 Å². The second-order valence-corrected chi connectivity index (χ2v) is 6.76. The van der Waals surface area contributed by atoms with Gasteiger partial charge >= 0.3 is 0 Å². The summed E-state index contributed by atoms with van der Waals surface area (Å²) >= 11 is 5.90. The van der Waals surface area contributed by atoms with Gasteiger partial charge in [-0.2, -0.15) is 4.98 Å². The number of amides is 1. The number of carbonyl (C=O) groups excluding carboxylic acids is 1. The molecule has 0 spiro atoms. The van der Waals surface area contributed by atoms with Gasteiger partial charge in [-0.3, -0.25) is 9.69 Å². The minimum absolute atomic E-state index is 0.0163. The third-order valence-corrected chi connectivity index (χ3v) is 4.23. The maximum absolute atomic E-state index is 12.2. The van der Waals surface area contributed by atoms with Crippen LogP contribution >= 0.6 is 11.6 Å². The lowest BCUT2D eigenvalue weighted by Crippen LogP contribution is -2.18. The van der Waals surface area contributed by atoms with E-state index in [0.29, 0.717) is 41.3 Å². The molecule has 0 saturated carbocycles. The Kier molecular flexibility index (Phi) is 6.62. The molecule has 0 fully saturated rings. The van der Waals surface area contributed by atoms with E-state index < -0.39 is 0 Å². The summed E-state index contributed by atoms with van der Waals surface area (Å²) in [5.74, 6) is 1.14. The number of halogens is 1. The first-order valence-electron chi connectivity index (χ1n) is 8.71. The van der Waals surface area contributed by atoms with Crippen LogP contribution in [0.2, 0.25) is 5.02 Å². The van der Waals surface area contributed by atoms with E-state index in [2.05, 4.69) is 15.5 Å². The lowest BCUT2D eigenvalue weighted by atomic mass is 10.2. The van der Waals surface area contributed by atoms with Gasteiger partial charge in [-0.15, -0.1) is 0 Å². The molecule has 2 aromatic carbocycles. The predicted molar refractivity (Wildman–Crippen MR) is 106 cm³/mol. The number of rotatable bonds is 8. The summed E-state index contributed by atoms with van der Waals surface area (Å²) in [4.78, 5) is 18.6. The molecule has 0 unspecified atom stereocenters. The van der Waals surface area contributed by atoms with Gasteiger partial charge in [0.15, 0.2) is 5.82 Å². The van der Waals surface area contributed by atoms with E-state index >= 15 is 0 Å². The van der Waals surface area contributed by atoms with Crippen LogP contribution in [-0.2, 0) is 24.3 Å². The minimum atomic E-state index is -0.244. The number of methoxy groups -OCH3 is 1. The van der Waals surface area contributed by atoms with E-state index in [-0.39, 0.29) is 12.3 Å². The molecule has 0 aliphatic rings. The molecule has 1 heterocycles. The van der Waals surface area contributed by atoms with E-state index in [0.717, 1.165) is 5.56 Å². The van der Waals surface area contributed by atoms with E-state index in [4.69, 9.17) is 20.9 Å². The minimum Gasteiger partial charge on any atom is -0.495 e. The van der Waals surface area contributed by atoms with Crippen molar-refractivity contribution >= 4 is 23.2 Å². The number of aromatic nitrogens is 2. The molecule has 8 heteroatoms. The number of nitrogens with one attached hydrogen (secondary N) is 1. The number of benzene rings is 2. The van der Waals surface area contributed by atoms with Crippen molar-refractivity contribution in [1.82, 2.24) is 15.0 Å². The van der Waals surface area contributed by atoms with Crippen molar-refractivity contribution < 1.29 is 14.1 Å². The molecule has 0 radical (unpaired) electrons. The number of ether oxygens (including phenoxy) is 1. The lowest BCUT2D eigenvalue weighted by Gasteiger charge is -2.14. The summed E-state index contributed by atoms with van der Waals surface area (Å²) in [6.07, 6.45) is 0.0163. The maximum atomic E-state index is 12.2. The highest BCUT2D eigenvalue weighted by Crippen LogP contribution is 2.23. The fourth-order valence-electron chi connectivity index (χ4n) is 2.70. The summed E-state index contributed by atoms with van der Waals surface area (Å²) in [5.41, 5.74) is 1.73. The Hall–Kier alpha value is -2.90. The SMILES string of the molecule is COc1ccccc1NC(=O)Cc1noc(CN(C)Cc2ccc(Cl)cc2)n1. The largest absolute Gasteiger partial charge is 0.495 e. The second kappa shape index (κ2) is 9.34. The number of nitrogens with zero attached hydrogens (tertiary/aromatic N) is 3. The zero-order chi connectivity index (χ0) is 19.9. The van der Waals surface area contributed by atoms with Crippen LogP contribution in [0.15, 0.2) is 53.1 Å². The molecule has 3 aromatic rings. The lowest BCUT2D eigenvalue weighted by molar-refractivity contribution is -0.115. The molecule has 1 amide bonds. The third kappa shape index (κ3) is 5.55. The molecule has 28 heavy (non-hydrogen) atoms. The van der Waals surface area contributed by atoms with Gasteiger partial charge in [-0.1, -0.05) is 41.0 Å². The van der Waals surface area contributed by atoms with Crippen LogP contribution in [-0.4, -0.2) is 35.1 Å². The number of hydrogen-bond donors (Lipinski definition) is 1. The summed E-state index contributed by atoms with van der Waals surface area (Å²) in [6.45, 7) is 1.19. The van der Waals surface area contributed by atoms with Gasteiger partial charge in [0.05, 0.1) is 25.8 Å². The highest BCUT2D eigenvalue weighted by molar-refractivity contribution is 6.30. The van der Waals surface area contributed by atoms with Crippen molar-refractivity contribution in [1.29, 1.82) is 0 Å². The molecule has 0 bridgehead atoms. The van der Waals surface area contributed by atoms with Gasteiger partial charge in [0.25, 0.3) is 0 Å². The Balaban J connectivity index is 1.53. The summed E-state index contributed by atoms with van der Waals surface area (Å²) < 4.78 is 10.5. The van der Waals surface area contributed by atoms with Gasteiger partial charge in [0.1, 0.15) is 5.75 Å². The van der Waals surface area contributed by atoms with Crippen molar-refractivity contribution in [2.75, 3.05) is 19.5 Å². The zero-order valence-corrected chi connectivity index (χ0v) is 16.4. The van der Waals surface area contributed by atoms with Crippen molar-refractivity contribution in [3.8, 4) is 5.75 Å². The van der Waals surface area contributed by atoms with Gasteiger partial charge in [-0.05, 0) is 36.9 Å². The molecule has 7 nitrogen and oxygen atoms in total. The van der Waals surface area contributed by atoms with E-state index in [1.807, 2.05) is 48.3 Å². The Morgan fingerprint density at radius 1 is 1.18 bits per heavy atom. The fraction of sp³-hybridized carbons (Fsp3) is 0.250. The Morgan fingerprint density at radius 2 is 1.93 bits per heavy atom. The first kappa shape index (κ1) is 19.9. The molecule has 0 atom stereocenters. The number of para-hydroxylation sites is 2. The van der Waals surface area contributed by atoms with Crippen LogP contribution in [0.4, 0.5) is 5.69 Å². The van der Waals surface area contributed by atoms with Crippen molar-refractivity contribution in [3.05, 3.63) is 70.8 Å². The van der Waals surface area contributed by atoms with Gasteiger partial charge in [0, 0.05) is 11.6 Å². The molecule has 1 aromatic heterocycles. The molecule has 0 aliphatic carbocycles. The Morgan fingerprint density at radius 3 is 2.68 bits per heavy atom. The zero-order valence-electron chi connectivity index (χ0n) is 15.7. The van der Waals surface area contributed by atoms with Gasteiger partial charge < -0.3 is 14.6 Å². The molecular weight excluding hydrogens is 380 g/mol. The highest BCUT2D eigenvalue weighted by Gasteiger charge is 2.14. The number of carbonyl (C=O) groups is 1.